The van der Waals surface area contributed by atoms with E-state index < -0.39 is 35.5 Å². The molecule has 2 aromatic rings. The Labute approximate surface area is 190 Å². The van der Waals surface area contributed by atoms with Crippen molar-refractivity contribution in [2.24, 2.45) is 0 Å². The molecule has 9 heteroatoms. The Morgan fingerprint density at radius 3 is 2.42 bits per heavy atom. The third-order valence-corrected chi connectivity index (χ3v) is 6.59. The summed E-state index contributed by atoms with van der Waals surface area (Å²) in [6, 6.07) is 9.14. The van der Waals surface area contributed by atoms with E-state index in [1.165, 1.54) is 12.1 Å². The van der Waals surface area contributed by atoms with E-state index in [1.54, 1.807) is 6.07 Å². The first-order valence-corrected chi connectivity index (χ1v) is 11.1. The number of benzene rings is 2. The molecule has 0 bridgehead atoms. The standard InChI is InChI=1S/C24H29F3N2O4/c25-17-2-1-3-19(12-17)29-10-7-23(31,8-11-29)14-28-9-6-22(30)24(32,15-28)16-33-21-13-18(26)4-5-20(21)27/h1-5,12-13,22,30-32H,6-11,14-16H2/t22-,24-/m0/s1. The number of hydrogen-bond donors (Lipinski definition) is 3. The molecule has 0 aliphatic carbocycles. The van der Waals surface area contributed by atoms with Gasteiger partial charge < -0.3 is 25.0 Å². The zero-order valence-corrected chi connectivity index (χ0v) is 18.3. The molecule has 2 atom stereocenters. The minimum atomic E-state index is -1.70. The van der Waals surface area contributed by atoms with E-state index in [2.05, 4.69) is 0 Å². The van der Waals surface area contributed by atoms with Crippen molar-refractivity contribution >= 4 is 5.69 Å². The summed E-state index contributed by atoms with van der Waals surface area (Å²) in [5.41, 5.74) is -1.92. The van der Waals surface area contributed by atoms with Crippen LogP contribution in [0.2, 0.25) is 0 Å². The summed E-state index contributed by atoms with van der Waals surface area (Å²) in [6.07, 6.45) is 0.0736. The number of likely N-dealkylation sites (tertiary alicyclic amines) is 1. The molecule has 0 amide bonds. The van der Waals surface area contributed by atoms with Crippen molar-refractivity contribution in [3.63, 3.8) is 0 Å². The zero-order valence-electron chi connectivity index (χ0n) is 18.3. The molecule has 3 N–H and O–H groups in total. The van der Waals surface area contributed by atoms with E-state index >= 15 is 0 Å². The molecule has 0 saturated carbocycles. The van der Waals surface area contributed by atoms with Crippen LogP contribution in [0.3, 0.4) is 0 Å². The van der Waals surface area contributed by atoms with E-state index in [9.17, 15) is 28.5 Å². The lowest BCUT2D eigenvalue weighted by atomic mass is 9.86. The molecule has 2 fully saturated rings. The van der Waals surface area contributed by atoms with Gasteiger partial charge in [0.05, 0.1) is 11.7 Å². The molecule has 2 aromatic carbocycles. The number of nitrogens with zero attached hydrogens (tertiary/aromatic N) is 2. The van der Waals surface area contributed by atoms with Crippen LogP contribution < -0.4 is 9.64 Å². The van der Waals surface area contributed by atoms with Gasteiger partial charge in [0, 0.05) is 44.5 Å². The predicted molar refractivity (Wildman–Crippen MR) is 117 cm³/mol. The van der Waals surface area contributed by atoms with Gasteiger partial charge in [0.1, 0.15) is 23.8 Å². The van der Waals surface area contributed by atoms with Crippen LogP contribution in [0.5, 0.6) is 5.75 Å². The largest absolute Gasteiger partial charge is 0.487 e. The van der Waals surface area contributed by atoms with Gasteiger partial charge in [-0.1, -0.05) is 6.07 Å². The lowest BCUT2D eigenvalue weighted by Gasteiger charge is -2.46. The minimum Gasteiger partial charge on any atom is -0.487 e. The fourth-order valence-corrected chi connectivity index (χ4v) is 4.64. The van der Waals surface area contributed by atoms with Gasteiger partial charge in [-0.25, -0.2) is 13.2 Å². The molecular formula is C24H29F3N2O4. The van der Waals surface area contributed by atoms with E-state index in [4.69, 9.17) is 4.74 Å². The summed E-state index contributed by atoms with van der Waals surface area (Å²) in [7, 11) is 0. The summed E-state index contributed by atoms with van der Waals surface area (Å²) in [5.74, 6) is -2.08. The average molecular weight is 467 g/mol. The maximum Gasteiger partial charge on any atom is 0.165 e. The van der Waals surface area contributed by atoms with E-state index in [0.717, 1.165) is 23.9 Å². The van der Waals surface area contributed by atoms with E-state index in [0.29, 0.717) is 32.5 Å². The average Bonchev–Trinajstić information content (AvgIpc) is 2.77. The SMILES string of the molecule is O[C@H]1CCN(CC2(O)CCN(c3cccc(F)c3)CC2)C[C@]1(O)COc1cc(F)ccc1F. The molecule has 0 radical (unpaired) electrons. The number of hydrogen-bond acceptors (Lipinski definition) is 6. The second kappa shape index (κ2) is 9.50. The summed E-state index contributed by atoms with van der Waals surface area (Å²) >= 11 is 0. The molecule has 2 aliphatic heterocycles. The van der Waals surface area contributed by atoms with Gasteiger partial charge in [0.2, 0.25) is 0 Å². The highest BCUT2D eigenvalue weighted by atomic mass is 19.1. The fraction of sp³-hybridized carbons (Fsp3) is 0.500. The van der Waals surface area contributed by atoms with Gasteiger partial charge in [0.15, 0.2) is 11.6 Å². The second-order valence-corrected chi connectivity index (χ2v) is 9.17. The van der Waals surface area contributed by atoms with Crippen molar-refractivity contribution in [3.05, 3.63) is 59.9 Å². The van der Waals surface area contributed by atoms with Crippen molar-refractivity contribution in [1.29, 1.82) is 0 Å². The predicted octanol–water partition coefficient (Wildman–Crippen LogP) is 2.31. The summed E-state index contributed by atoms with van der Waals surface area (Å²) in [5, 5.41) is 32.5. The van der Waals surface area contributed by atoms with Crippen molar-refractivity contribution in [1.82, 2.24) is 4.90 Å². The van der Waals surface area contributed by atoms with Crippen molar-refractivity contribution in [2.45, 2.75) is 36.6 Å². The fourth-order valence-electron chi connectivity index (χ4n) is 4.64. The number of aliphatic hydroxyl groups is 3. The first-order valence-electron chi connectivity index (χ1n) is 11.1. The monoisotopic (exact) mass is 466 g/mol. The van der Waals surface area contributed by atoms with Gasteiger partial charge >= 0.3 is 0 Å². The van der Waals surface area contributed by atoms with Crippen molar-refractivity contribution in [2.75, 3.05) is 44.2 Å². The summed E-state index contributed by atoms with van der Waals surface area (Å²) < 4.78 is 46.1. The number of halogens is 3. The lowest BCUT2D eigenvalue weighted by molar-refractivity contribution is -0.149. The van der Waals surface area contributed by atoms with Crippen molar-refractivity contribution in [3.8, 4) is 5.75 Å². The van der Waals surface area contributed by atoms with Crippen LogP contribution in [0.25, 0.3) is 0 Å². The van der Waals surface area contributed by atoms with Crippen LogP contribution in [0, 0.1) is 17.5 Å². The summed E-state index contributed by atoms with van der Waals surface area (Å²) in [6.45, 7) is 1.46. The van der Waals surface area contributed by atoms with Gasteiger partial charge in [-0.2, -0.15) is 0 Å². The zero-order chi connectivity index (χ0) is 23.6. The number of aliphatic hydroxyl groups excluding tert-OH is 1. The molecule has 2 saturated heterocycles. The van der Waals surface area contributed by atoms with Gasteiger partial charge in [0.25, 0.3) is 0 Å². The lowest BCUT2D eigenvalue weighted by Crippen LogP contribution is -2.62. The molecule has 180 valence electrons. The Hall–Kier alpha value is -2.33. The Balaban J connectivity index is 1.35. The van der Waals surface area contributed by atoms with Crippen LogP contribution in [0.1, 0.15) is 19.3 Å². The third-order valence-electron chi connectivity index (χ3n) is 6.59. The van der Waals surface area contributed by atoms with Gasteiger partial charge in [-0.15, -0.1) is 0 Å². The Morgan fingerprint density at radius 2 is 1.70 bits per heavy atom. The molecule has 0 aromatic heterocycles. The van der Waals surface area contributed by atoms with Crippen LogP contribution in [0.4, 0.5) is 18.9 Å². The number of β-amino-alcohol motifs (C(OH)–C–C–N with tert-alkyl or cyclic N) is 2. The number of anilines is 1. The van der Waals surface area contributed by atoms with Crippen LogP contribution in [0.15, 0.2) is 42.5 Å². The van der Waals surface area contributed by atoms with Crippen molar-refractivity contribution < 1.29 is 33.2 Å². The molecule has 0 spiro atoms. The normalized spacial score (nSPS) is 25.8. The maximum absolute atomic E-state index is 13.9. The Bertz CT molecular complexity index is 970. The minimum absolute atomic E-state index is 0.0149. The maximum atomic E-state index is 13.9. The molecule has 6 nitrogen and oxygen atoms in total. The van der Waals surface area contributed by atoms with Crippen LogP contribution in [-0.4, -0.2) is 76.9 Å². The number of ether oxygens (including phenoxy) is 1. The first-order chi connectivity index (χ1) is 15.7. The molecular weight excluding hydrogens is 437 g/mol. The van der Waals surface area contributed by atoms with Gasteiger partial charge in [-0.3, -0.25) is 4.90 Å². The van der Waals surface area contributed by atoms with E-state index in [-0.39, 0.29) is 31.1 Å². The van der Waals surface area contributed by atoms with E-state index in [1.807, 2.05) is 15.9 Å². The smallest absolute Gasteiger partial charge is 0.165 e. The summed E-state index contributed by atoms with van der Waals surface area (Å²) in [4.78, 5) is 3.88. The highest BCUT2D eigenvalue weighted by Crippen LogP contribution is 2.31. The molecule has 2 heterocycles. The topological polar surface area (TPSA) is 76.4 Å². The Kier molecular flexibility index (Phi) is 6.86. The molecule has 0 unspecified atom stereocenters. The second-order valence-electron chi connectivity index (χ2n) is 9.17. The highest BCUT2D eigenvalue weighted by Gasteiger charge is 2.44. The first kappa shape index (κ1) is 23.8. The van der Waals surface area contributed by atoms with Gasteiger partial charge in [-0.05, 0) is 49.6 Å². The molecule has 4 rings (SSSR count). The Morgan fingerprint density at radius 1 is 0.970 bits per heavy atom. The van der Waals surface area contributed by atoms with Crippen LogP contribution >= 0.6 is 0 Å². The molecule has 33 heavy (non-hydrogen) atoms. The third kappa shape index (κ3) is 5.60. The highest BCUT2D eigenvalue weighted by molar-refractivity contribution is 5.47. The quantitative estimate of drug-likeness (QED) is 0.607. The number of piperidine rings is 2. The molecule has 2 aliphatic rings. The number of rotatable bonds is 6. The van der Waals surface area contributed by atoms with Crippen LogP contribution in [-0.2, 0) is 0 Å².